The third-order valence-corrected chi connectivity index (χ3v) is 9.99. The summed E-state index contributed by atoms with van der Waals surface area (Å²) >= 11 is 6.36. The number of amides is 1. The van der Waals surface area contributed by atoms with Gasteiger partial charge in [0.1, 0.15) is 4.99 Å². The fourth-order valence-electron chi connectivity index (χ4n) is 7.14. The van der Waals surface area contributed by atoms with E-state index in [4.69, 9.17) is 26.4 Å². The van der Waals surface area contributed by atoms with E-state index in [2.05, 4.69) is 25.7 Å². The van der Waals surface area contributed by atoms with Gasteiger partial charge in [0.25, 0.3) is 5.91 Å². The first kappa shape index (κ1) is 27.5. The van der Waals surface area contributed by atoms with Crippen LogP contribution in [0, 0.1) is 16.7 Å². The molecule has 1 amide bonds. The molecule has 0 radical (unpaired) electrons. The average Bonchev–Trinajstić information content (AvgIpc) is 3.29. The predicted molar refractivity (Wildman–Crippen MR) is 159 cm³/mol. The minimum atomic E-state index is -0.221. The Hall–Kier alpha value is -3.06. The Balaban J connectivity index is 1.66. The normalized spacial score (nSPS) is 23.5. The standard InChI is InChI=1S/C32H40N2O4S/c1-31(2)23-15-16-32(31,3)28(33-17-11-8-12-18-33)26(23)30(39)34(22-13-9-7-10-14-22)29(35)21-19-24(36-4)27(38-6)25(20-21)37-5/h7,9-10,13-14,19-20,23H,8,11-12,15-18H2,1-6H3. The van der Waals surface area contributed by atoms with Crippen LogP contribution in [-0.2, 0) is 0 Å². The van der Waals surface area contributed by atoms with Crippen molar-refractivity contribution in [3.05, 3.63) is 59.3 Å². The largest absolute Gasteiger partial charge is 0.493 e. The Morgan fingerprint density at radius 1 is 0.949 bits per heavy atom. The maximum atomic E-state index is 14.5. The molecule has 2 aromatic rings. The number of fused-ring (bicyclic) bond motifs is 2. The lowest BCUT2D eigenvalue weighted by Gasteiger charge is -2.43. The number of carbonyl (C=O) groups excluding carboxylic acids is 1. The molecule has 7 heteroatoms. The molecule has 1 saturated heterocycles. The van der Waals surface area contributed by atoms with Crippen molar-refractivity contribution in [1.82, 2.24) is 4.90 Å². The van der Waals surface area contributed by atoms with E-state index in [0.29, 0.717) is 33.7 Å². The maximum Gasteiger partial charge on any atom is 0.263 e. The molecule has 6 nitrogen and oxygen atoms in total. The molecule has 3 aliphatic rings. The highest BCUT2D eigenvalue weighted by molar-refractivity contribution is 7.81. The summed E-state index contributed by atoms with van der Waals surface area (Å²) in [5, 5.41) is 0. The van der Waals surface area contributed by atoms with Gasteiger partial charge in [-0.1, -0.05) is 51.2 Å². The molecular formula is C32H40N2O4S. The van der Waals surface area contributed by atoms with Gasteiger partial charge in [-0.25, -0.2) is 0 Å². The van der Waals surface area contributed by atoms with Crippen LogP contribution < -0.4 is 19.1 Å². The van der Waals surface area contributed by atoms with Crippen LogP contribution in [0.1, 0.15) is 63.2 Å². The van der Waals surface area contributed by atoms with Gasteiger partial charge in [0.05, 0.1) is 27.0 Å². The summed E-state index contributed by atoms with van der Waals surface area (Å²) in [6.07, 6.45) is 5.88. The molecular weight excluding hydrogens is 508 g/mol. The molecule has 0 aromatic heterocycles. The maximum absolute atomic E-state index is 14.5. The minimum Gasteiger partial charge on any atom is -0.493 e. The SMILES string of the molecule is COc1cc(C(=O)N(C(=S)C2=C(N3CCCCC3)C3(C)CCC2C3(C)C)c2ccccc2)cc(OC)c1OC. The van der Waals surface area contributed by atoms with Crippen molar-refractivity contribution < 1.29 is 19.0 Å². The second-order valence-corrected chi connectivity index (χ2v) is 12.0. The average molecular weight is 549 g/mol. The highest BCUT2D eigenvalue weighted by Crippen LogP contribution is 2.69. The molecule has 1 saturated carbocycles. The number of allylic oxidation sites excluding steroid dienone is 1. The van der Waals surface area contributed by atoms with Crippen molar-refractivity contribution in [2.24, 2.45) is 16.7 Å². The Bertz CT molecular complexity index is 1270. The number of rotatable bonds is 7. The van der Waals surface area contributed by atoms with Crippen LogP contribution in [0.4, 0.5) is 5.69 Å². The number of likely N-dealkylation sites (tertiary alicyclic amines) is 1. The highest BCUT2D eigenvalue weighted by atomic mass is 32.1. The van der Waals surface area contributed by atoms with Gasteiger partial charge in [0, 0.05) is 35.3 Å². The van der Waals surface area contributed by atoms with Gasteiger partial charge >= 0.3 is 0 Å². The topological polar surface area (TPSA) is 51.2 Å². The number of carbonyl (C=O) groups is 1. The van der Waals surface area contributed by atoms with Crippen LogP contribution in [0.3, 0.4) is 0 Å². The second-order valence-electron chi connectivity index (χ2n) is 11.7. The molecule has 1 aliphatic heterocycles. The van der Waals surface area contributed by atoms with Gasteiger partial charge < -0.3 is 19.1 Å². The summed E-state index contributed by atoms with van der Waals surface area (Å²) in [5.74, 6) is 1.39. The molecule has 2 fully saturated rings. The van der Waals surface area contributed by atoms with Gasteiger partial charge in [-0.05, 0) is 67.7 Å². The lowest BCUT2D eigenvalue weighted by molar-refractivity contribution is 0.100. The Kier molecular flexibility index (Phi) is 7.40. The molecule has 2 unspecified atom stereocenters. The number of para-hydroxylation sites is 1. The van der Waals surface area contributed by atoms with Crippen LogP contribution >= 0.6 is 12.2 Å². The fourth-order valence-corrected chi connectivity index (χ4v) is 7.56. The third-order valence-electron chi connectivity index (χ3n) is 9.59. The van der Waals surface area contributed by atoms with E-state index in [1.165, 1.54) is 30.5 Å². The minimum absolute atomic E-state index is 0.0202. The lowest BCUT2D eigenvalue weighted by atomic mass is 9.69. The third kappa shape index (κ3) is 4.30. The van der Waals surface area contributed by atoms with Crippen LogP contribution in [0.5, 0.6) is 17.2 Å². The number of ether oxygens (including phenoxy) is 3. The number of benzene rings is 2. The summed E-state index contributed by atoms with van der Waals surface area (Å²) in [5.41, 5.74) is 3.79. The van der Waals surface area contributed by atoms with Crippen molar-refractivity contribution in [3.8, 4) is 17.2 Å². The number of thiocarbonyl (C=S) groups is 1. The molecule has 2 aromatic carbocycles. The molecule has 208 valence electrons. The zero-order valence-electron chi connectivity index (χ0n) is 24.0. The van der Waals surface area contributed by atoms with Crippen molar-refractivity contribution in [3.63, 3.8) is 0 Å². The second kappa shape index (κ2) is 10.5. The monoisotopic (exact) mass is 548 g/mol. The molecule has 5 rings (SSSR count). The van der Waals surface area contributed by atoms with E-state index in [1.807, 2.05) is 30.3 Å². The summed E-state index contributed by atoms with van der Waals surface area (Å²) in [6.45, 7) is 9.29. The summed E-state index contributed by atoms with van der Waals surface area (Å²) in [4.78, 5) is 19.4. The first-order valence-corrected chi connectivity index (χ1v) is 14.3. The predicted octanol–water partition coefficient (Wildman–Crippen LogP) is 6.88. The van der Waals surface area contributed by atoms with E-state index in [1.54, 1.807) is 38.4 Å². The van der Waals surface area contributed by atoms with Gasteiger partial charge in [-0.2, -0.15) is 0 Å². The lowest BCUT2D eigenvalue weighted by Crippen LogP contribution is -2.42. The molecule has 2 bridgehead atoms. The molecule has 1 heterocycles. The van der Waals surface area contributed by atoms with E-state index in [0.717, 1.165) is 31.6 Å². The Morgan fingerprint density at radius 3 is 2.13 bits per heavy atom. The van der Waals surface area contributed by atoms with E-state index < -0.39 is 0 Å². The van der Waals surface area contributed by atoms with Crippen LogP contribution in [0.25, 0.3) is 0 Å². The zero-order valence-corrected chi connectivity index (χ0v) is 24.8. The molecule has 0 N–H and O–H groups in total. The molecule has 39 heavy (non-hydrogen) atoms. The molecule has 2 atom stereocenters. The number of piperidine rings is 1. The Morgan fingerprint density at radius 2 is 1.56 bits per heavy atom. The van der Waals surface area contributed by atoms with E-state index >= 15 is 0 Å². The summed E-state index contributed by atoms with van der Waals surface area (Å²) in [7, 11) is 4.66. The van der Waals surface area contributed by atoms with Crippen LogP contribution in [0.15, 0.2) is 53.7 Å². The van der Waals surface area contributed by atoms with Crippen molar-refractivity contribution in [1.29, 1.82) is 0 Å². The van der Waals surface area contributed by atoms with Crippen LogP contribution in [-0.4, -0.2) is 50.2 Å². The van der Waals surface area contributed by atoms with Crippen molar-refractivity contribution in [2.75, 3.05) is 39.3 Å². The number of anilines is 1. The number of nitrogens with zero attached hydrogens (tertiary/aromatic N) is 2. The van der Waals surface area contributed by atoms with Crippen molar-refractivity contribution >= 4 is 28.8 Å². The quantitative estimate of drug-likeness (QED) is 0.352. The van der Waals surface area contributed by atoms with Crippen molar-refractivity contribution in [2.45, 2.75) is 52.9 Å². The van der Waals surface area contributed by atoms with Crippen LogP contribution in [0.2, 0.25) is 0 Å². The van der Waals surface area contributed by atoms with Gasteiger partial charge in [-0.15, -0.1) is 0 Å². The van der Waals surface area contributed by atoms with E-state index in [-0.39, 0.29) is 16.7 Å². The first-order chi connectivity index (χ1) is 18.7. The fraction of sp³-hybridized carbons (Fsp3) is 0.500. The van der Waals surface area contributed by atoms with Gasteiger partial charge in [0.15, 0.2) is 11.5 Å². The molecule has 2 aliphatic carbocycles. The summed E-state index contributed by atoms with van der Waals surface area (Å²) < 4.78 is 16.6. The van der Waals surface area contributed by atoms with Gasteiger partial charge in [0.2, 0.25) is 5.75 Å². The smallest absolute Gasteiger partial charge is 0.263 e. The number of methoxy groups -OCH3 is 3. The highest BCUT2D eigenvalue weighted by Gasteiger charge is 2.63. The first-order valence-electron chi connectivity index (χ1n) is 13.9. The zero-order chi connectivity index (χ0) is 27.9. The van der Waals surface area contributed by atoms with E-state index in [9.17, 15) is 4.79 Å². The number of hydrogen-bond acceptors (Lipinski definition) is 6. The Labute approximate surface area is 237 Å². The molecule has 0 spiro atoms. The summed E-state index contributed by atoms with van der Waals surface area (Å²) in [6, 6.07) is 13.1. The number of hydrogen-bond donors (Lipinski definition) is 0. The van der Waals surface area contributed by atoms with Gasteiger partial charge in [-0.3, -0.25) is 9.69 Å².